The van der Waals surface area contributed by atoms with E-state index in [4.69, 9.17) is 28.5 Å². The lowest BCUT2D eigenvalue weighted by molar-refractivity contribution is -0.0365. The van der Waals surface area contributed by atoms with Crippen LogP contribution in [-0.2, 0) is 26.0 Å². The molecule has 0 saturated carbocycles. The molecule has 0 spiro atoms. The molecule has 1 aliphatic heterocycles. The minimum atomic E-state index is -3.94. The molecule has 1 N–H and O–H groups in total. The Morgan fingerprint density at radius 2 is 2.02 bits per heavy atom. The maximum atomic E-state index is 11.0. The van der Waals surface area contributed by atoms with Gasteiger partial charge in [0.2, 0.25) is 8.32 Å². The molecule has 228 valence electrons. The molecule has 0 aliphatic carbocycles. The Morgan fingerprint density at radius 3 is 2.71 bits per heavy atom. The minimum Gasteiger partial charge on any atom is -0.543 e. The van der Waals surface area contributed by atoms with Gasteiger partial charge in [-0.25, -0.2) is 9.67 Å². The van der Waals surface area contributed by atoms with Crippen LogP contribution in [0.25, 0.3) is 21.6 Å². The number of thiazole rings is 1. The fraction of sp³-hybridized carbons (Fsp3) is 0.655. The van der Waals surface area contributed by atoms with Crippen molar-refractivity contribution in [2.75, 3.05) is 25.6 Å². The Morgan fingerprint density at radius 1 is 1.24 bits per heavy atom. The fourth-order valence-electron chi connectivity index (χ4n) is 4.64. The van der Waals surface area contributed by atoms with E-state index in [1.165, 1.54) is 0 Å². The van der Waals surface area contributed by atoms with Crippen LogP contribution >= 0.6 is 11.3 Å². The van der Waals surface area contributed by atoms with Gasteiger partial charge in [0.1, 0.15) is 16.5 Å². The van der Waals surface area contributed by atoms with E-state index in [1.807, 2.05) is 4.68 Å². The number of nitrogens with zero attached hydrogens (tertiary/aromatic N) is 3. The second-order valence-corrected chi connectivity index (χ2v) is 19.7. The van der Waals surface area contributed by atoms with E-state index >= 15 is 0 Å². The third-order valence-corrected chi connectivity index (χ3v) is 14.3. The summed E-state index contributed by atoms with van der Waals surface area (Å²) < 4.78 is 51.4. The zero-order valence-electron chi connectivity index (χ0n) is 25.2. The molecule has 0 amide bonds. The van der Waals surface area contributed by atoms with Crippen molar-refractivity contribution in [2.45, 2.75) is 90.6 Å². The fourth-order valence-corrected chi connectivity index (χ4v) is 7.40. The first-order chi connectivity index (χ1) is 19.2. The van der Waals surface area contributed by atoms with E-state index in [-0.39, 0.29) is 22.9 Å². The highest BCUT2D eigenvalue weighted by Gasteiger charge is 2.39. The van der Waals surface area contributed by atoms with Gasteiger partial charge < -0.3 is 13.9 Å². The Labute approximate surface area is 249 Å². The summed E-state index contributed by atoms with van der Waals surface area (Å²) in [5, 5.41) is 9.14. The summed E-state index contributed by atoms with van der Waals surface area (Å²) in [4.78, 5) is 4.94. The van der Waals surface area contributed by atoms with Gasteiger partial charge in [0.15, 0.2) is 6.23 Å². The van der Waals surface area contributed by atoms with Crippen molar-refractivity contribution in [1.82, 2.24) is 14.8 Å². The van der Waals surface area contributed by atoms with Crippen LogP contribution in [0, 0.1) is 5.92 Å². The van der Waals surface area contributed by atoms with Crippen LogP contribution in [0.15, 0.2) is 23.6 Å². The summed E-state index contributed by atoms with van der Waals surface area (Å²) >= 11 is 1.60. The summed E-state index contributed by atoms with van der Waals surface area (Å²) in [6.45, 7) is 14.8. The quantitative estimate of drug-likeness (QED) is 0.122. The molecule has 2 aromatic heterocycles. The Kier molecular flexibility index (Phi) is 10.3. The van der Waals surface area contributed by atoms with Gasteiger partial charge >= 0.3 is 0 Å². The molecule has 3 aromatic rings. The van der Waals surface area contributed by atoms with Crippen LogP contribution < -0.4 is 4.43 Å². The summed E-state index contributed by atoms with van der Waals surface area (Å²) in [5.41, 5.74) is 2.89. The summed E-state index contributed by atoms with van der Waals surface area (Å²) in [6.07, 6.45) is 5.24. The van der Waals surface area contributed by atoms with Crippen LogP contribution in [0.5, 0.6) is 5.75 Å². The first-order valence-corrected chi connectivity index (χ1v) is 19.9. The molecule has 9 nitrogen and oxygen atoms in total. The van der Waals surface area contributed by atoms with Gasteiger partial charge in [0.25, 0.3) is 10.1 Å². The van der Waals surface area contributed by atoms with E-state index in [1.54, 1.807) is 18.3 Å². The molecule has 12 heteroatoms. The smallest absolute Gasteiger partial charge is 0.265 e. The van der Waals surface area contributed by atoms with Crippen molar-refractivity contribution >= 4 is 40.7 Å². The molecule has 2 unspecified atom stereocenters. The van der Waals surface area contributed by atoms with Gasteiger partial charge in [-0.15, -0.1) is 11.3 Å². The highest BCUT2D eigenvalue weighted by Crippen LogP contribution is 2.40. The molecule has 1 saturated heterocycles. The number of fused-ring (bicyclic) bond motifs is 1. The van der Waals surface area contributed by atoms with Gasteiger partial charge in [-0.3, -0.25) is 4.55 Å². The predicted octanol–water partition coefficient (Wildman–Crippen LogP) is 7.11. The van der Waals surface area contributed by atoms with E-state index in [2.05, 4.69) is 57.4 Å². The number of aromatic nitrogens is 3. The molecular formula is C29H45N3O6S2Si. The average Bonchev–Trinajstić information content (AvgIpc) is 3.49. The highest BCUT2D eigenvalue weighted by atomic mass is 32.2. The van der Waals surface area contributed by atoms with Gasteiger partial charge in [0, 0.05) is 30.6 Å². The SMILES string of the molecule is CC(CCOCCCc1csc(-c2nn(C3CCCCO3)c3ccc(O[Si](C)(C)C(C)(C)C)cc23)n1)CS(=O)(=O)O. The molecular weight excluding hydrogens is 579 g/mol. The summed E-state index contributed by atoms with van der Waals surface area (Å²) in [6, 6.07) is 6.29. The van der Waals surface area contributed by atoms with Crippen molar-refractivity contribution in [3.63, 3.8) is 0 Å². The number of benzene rings is 1. The third-order valence-electron chi connectivity index (χ3n) is 8.01. The molecule has 2 atom stereocenters. The van der Waals surface area contributed by atoms with Crippen molar-refractivity contribution in [2.24, 2.45) is 5.92 Å². The second-order valence-electron chi connectivity index (χ2n) is 12.7. The number of ether oxygens (including phenoxy) is 2. The normalized spacial score (nSPS) is 17.7. The van der Waals surface area contributed by atoms with Gasteiger partial charge in [-0.2, -0.15) is 13.5 Å². The first kappa shape index (κ1) is 32.1. The Balaban J connectivity index is 1.47. The number of aryl methyl sites for hydroxylation is 1. The molecule has 1 fully saturated rings. The zero-order valence-corrected chi connectivity index (χ0v) is 27.8. The number of hydrogen-bond acceptors (Lipinski definition) is 8. The van der Waals surface area contributed by atoms with Crippen LogP contribution in [0.2, 0.25) is 18.1 Å². The lowest BCUT2D eigenvalue weighted by atomic mass is 10.1. The van der Waals surface area contributed by atoms with Gasteiger partial charge in [0.05, 0.1) is 17.0 Å². The van der Waals surface area contributed by atoms with Crippen molar-refractivity contribution in [1.29, 1.82) is 0 Å². The van der Waals surface area contributed by atoms with E-state index in [9.17, 15) is 8.42 Å². The van der Waals surface area contributed by atoms with E-state index < -0.39 is 18.4 Å². The monoisotopic (exact) mass is 623 g/mol. The lowest BCUT2D eigenvalue weighted by Crippen LogP contribution is -2.43. The number of hydrogen-bond donors (Lipinski definition) is 1. The van der Waals surface area contributed by atoms with Crippen LogP contribution in [0.1, 0.15) is 71.7 Å². The highest BCUT2D eigenvalue weighted by molar-refractivity contribution is 7.85. The van der Waals surface area contributed by atoms with Crippen molar-refractivity contribution in [3.8, 4) is 16.5 Å². The topological polar surface area (TPSA) is 113 Å². The van der Waals surface area contributed by atoms with Gasteiger partial charge in [-0.1, -0.05) is 27.7 Å². The van der Waals surface area contributed by atoms with Crippen molar-refractivity contribution in [3.05, 3.63) is 29.3 Å². The maximum absolute atomic E-state index is 11.0. The largest absolute Gasteiger partial charge is 0.543 e. The van der Waals surface area contributed by atoms with Gasteiger partial charge in [-0.05, 0) is 80.8 Å². The molecule has 1 aliphatic rings. The number of rotatable bonds is 13. The van der Waals surface area contributed by atoms with Crippen LogP contribution in [0.3, 0.4) is 0 Å². The molecule has 0 bridgehead atoms. The molecule has 41 heavy (non-hydrogen) atoms. The summed E-state index contributed by atoms with van der Waals surface area (Å²) in [7, 11) is -5.95. The van der Waals surface area contributed by atoms with Crippen LogP contribution in [-0.4, -0.2) is 61.6 Å². The minimum absolute atomic E-state index is 0.0797. The first-order valence-electron chi connectivity index (χ1n) is 14.5. The lowest BCUT2D eigenvalue weighted by Gasteiger charge is -2.36. The molecule has 4 rings (SSSR count). The maximum Gasteiger partial charge on any atom is 0.265 e. The molecule has 3 heterocycles. The summed E-state index contributed by atoms with van der Waals surface area (Å²) in [5.74, 6) is 0.487. The second kappa shape index (κ2) is 13.2. The molecule has 1 aromatic carbocycles. The Hall–Kier alpha value is -1.83. The standard InChI is InChI=1S/C29H45N3O6S2Si/c1-21(20-40(33,34)35)14-17-36-15-9-10-22-19-39-28(30-22)27-24-18-23(38-41(5,6)29(2,3)4)12-13-25(24)32(31-27)26-11-7-8-16-37-26/h12-13,18-19,21,26H,7-11,14-17,20H2,1-6H3,(H,33,34,35). The van der Waals surface area contributed by atoms with Crippen LogP contribution in [0.4, 0.5) is 0 Å². The van der Waals surface area contributed by atoms with E-state index in [0.717, 1.165) is 71.8 Å². The van der Waals surface area contributed by atoms with Crippen molar-refractivity contribution < 1.29 is 26.9 Å². The average molecular weight is 624 g/mol. The Bertz CT molecular complexity index is 1410. The van der Waals surface area contributed by atoms with E-state index in [0.29, 0.717) is 19.6 Å². The predicted molar refractivity (Wildman–Crippen MR) is 167 cm³/mol. The third kappa shape index (κ3) is 8.61. The molecule has 0 radical (unpaired) electrons. The zero-order chi connectivity index (χ0) is 29.8.